The number of halogens is 1. The fourth-order valence-corrected chi connectivity index (χ4v) is 5.92. The quantitative estimate of drug-likeness (QED) is 0.233. The van der Waals surface area contributed by atoms with E-state index >= 15 is 0 Å². The molecule has 0 saturated carbocycles. The fourth-order valence-electron chi connectivity index (χ4n) is 4.29. The van der Waals surface area contributed by atoms with E-state index < -0.39 is 28.5 Å². The van der Waals surface area contributed by atoms with Crippen molar-refractivity contribution in [3.63, 3.8) is 0 Å². The SMILES string of the molecule is CNC(=O)[C@H](C)N(Cc1cccc(Cl)c1)C(=O)CN(c1ccc(Oc2ccccc2)cc1)S(=O)(=O)c1ccc(C)cc1. The molecule has 0 radical (unpaired) electrons. The van der Waals surface area contributed by atoms with Crippen LogP contribution in [-0.4, -0.2) is 44.8 Å². The first-order chi connectivity index (χ1) is 20.1. The highest BCUT2D eigenvalue weighted by molar-refractivity contribution is 7.92. The summed E-state index contributed by atoms with van der Waals surface area (Å²) in [5.74, 6) is 0.177. The number of likely N-dealkylation sites (N-methyl/N-ethyl adjacent to an activating group) is 1. The fraction of sp³-hybridized carbons (Fsp3) is 0.188. The van der Waals surface area contributed by atoms with Gasteiger partial charge in [-0.2, -0.15) is 0 Å². The predicted octanol–water partition coefficient (Wildman–Crippen LogP) is 5.80. The van der Waals surface area contributed by atoms with E-state index in [4.69, 9.17) is 16.3 Å². The molecule has 1 atom stereocenters. The van der Waals surface area contributed by atoms with Crippen LogP contribution in [0.4, 0.5) is 5.69 Å². The number of carbonyl (C=O) groups excluding carboxylic acids is 2. The highest BCUT2D eigenvalue weighted by Gasteiger charge is 2.32. The zero-order valence-corrected chi connectivity index (χ0v) is 25.1. The summed E-state index contributed by atoms with van der Waals surface area (Å²) in [6.07, 6.45) is 0. The molecule has 218 valence electrons. The second kappa shape index (κ2) is 13.5. The molecule has 8 nitrogen and oxygen atoms in total. The lowest BCUT2D eigenvalue weighted by Crippen LogP contribution is -2.50. The zero-order valence-electron chi connectivity index (χ0n) is 23.5. The number of nitrogens with one attached hydrogen (secondary N) is 1. The molecule has 0 heterocycles. The molecule has 0 spiro atoms. The Morgan fingerprint density at radius 3 is 2.14 bits per heavy atom. The first-order valence-electron chi connectivity index (χ1n) is 13.3. The standard InChI is InChI=1S/C32H32ClN3O5S/c1-23-12-18-30(19-13-23)42(39,40)36(27-14-16-29(17-15-27)41-28-10-5-4-6-11-28)22-31(37)35(24(2)32(38)34-3)21-25-8-7-9-26(33)20-25/h4-20,24H,21-22H2,1-3H3,(H,34,38)/t24-/m0/s1. The summed E-state index contributed by atoms with van der Waals surface area (Å²) in [6.45, 7) is 2.96. The van der Waals surface area contributed by atoms with E-state index in [0.717, 1.165) is 9.87 Å². The third kappa shape index (κ3) is 7.48. The summed E-state index contributed by atoms with van der Waals surface area (Å²) in [5.41, 5.74) is 1.85. The lowest BCUT2D eigenvalue weighted by molar-refractivity contribution is -0.139. The van der Waals surface area contributed by atoms with Gasteiger partial charge in [0.1, 0.15) is 24.1 Å². The molecule has 10 heteroatoms. The number of sulfonamides is 1. The molecule has 0 aromatic heterocycles. The first kappa shape index (κ1) is 30.6. The van der Waals surface area contributed by atoms with Crippen LogP contribution in [0.3, 0.4) is 0 Å². The maximum Gasteiger partial charge on any atom is 0.264 e. The van der Waals surface area contributed by atoms with Gasteiger partial charge >= 0.3 is 0 Å². The van der Waals surface area contributed by atoms with Crippen molar-refractivity contribution in [2.45, 2.75) is 31.3 Å². The summed E-state index contributed by atoms with van der Waals surface area (Å²) in [5, 5.41) is 3.05. The number of nitrogens with zero attached hydrogens (tertiary/aromatic N) is 2. The number of amides is 2. The number of rotatable bonds is 11. The Labute approximate surface area is 251 Å². The molecule has 0 aliphatic heterocycles. The highest BCUT2D eigenvalue weighted by atomic mass is 35.5. The van der Waals surface area contributed by atoms with Crippen molar-refractivity contribution in [2.75, 3.05) is 17.9 Å². The van der Waals surface area contributed by atoms with Gasteiger partial charge in [-0.15, -0.1) is 0 Å². The van der Waals surface area contributed by atoms with Crippen LogP contribution in [0.2, 0.25) is 5.02 Å². The molecule has 0 fully saturated rings. The minimum Gasteiger partial charge on any atom is -0.457 e. The predicted molar refractivity (Wildman–Crippen MR) is 164 cm³/mol. The van der Waals surface area contributed by atoms with Crippen molar-refractivity contribution in [2.24, 2.45) is 0 Å². The van der Waals surface area contributed by atoms with Gasteiger partial charge in [-0.1, -0.05) is 59.6 Å². The average molecular weight is 606 g/mol. The first-order valence-corrected chi connectivity index (χ1v) is 15.1. The van der Waals surface area contributed by atoms with Crippen LogP contribution in [0.15, 0.2) is 108 Å². The van der Waals surface area contributed by atoms with Crippen LogP contribution in [0.25, 0.3) is 0 Å². The van der Waals surface area contributed by atoms with Crippen LogP contribution >= 0.6 is 11.6 Å². The van der Waals surface area contributed by atoms with Gasteiger partial charge in [0.05, 0.1) is 10.6 Å². The Hall–Kier alpha value is -4.34. The lowest BCUT2D eigenvalue weighted by atomic mass is 10.1. The number of hydrogen-bond acceptors (Lipinski definition) is 5. The molecular weight excluding hydrogens is 574 g/mol. The summed E-state index contributed by atoms with van der Waals surface area (Å²) in [6, 6.07) is 28.1. The van der Waals surface area contributed by atoms with Crippen LogP contribution in [0.5, 0.6) is 11.5 Å². The van der Waals surface area contributed by atoms with E-state index in [2.05, 4.69) is 5.32 Å². The number of anilines is 1. The van der Waals surface area contributed by atoms with Gasteiger partial charge in [0.2, 0.25) is 11.8 Å². The lowest BCUT2D eigenvalue weighted by Gasteiger charge is -2.31. The van der Waals surface area contributed by atoms with E-state index in [1.165, 1.54) is 24.1 Å². The molecule has 2 amide bonds. The number of para-hydroxylation sites is 1. The molecule has 0 saturated heterocycles. The second-order valence-corrected chi connectivity index (χ2v) is 12.0. The Bertz CT molecular complexity index is 1630. The number of carbonyl (C=O) groups is 2. The highest BCUT2D eigenvalue weighted by Crippen LogP contribution is 2.29. The van der Waals surface area contributed by atoms with Crippen LogP contribution in [-0.2, 0) is 26.2 Å². The van der Waals surface area contributed by atoms with Gasteiger partial charge in [-0.25, -0.2) is 8.42 Å². The molecule has 4 aromatic carbocycles. The van der Waals surface area contributed by atoms with Gasteiger partial charge in [0, 0.05) is 18.6 Å². The smallest absolute Gasteiger partial charge is 0.264 e. The Kier molecular flexibility index (Phi) is 9.88. The Morgan fingerprint density at radius 1 is 0.881 bits per heavy atom. The van der Waals surface area contributed by atoms with Gasteiger partial charge < -0.3 is 15.0 Å². The van der Waals surface area contributed by atoms with Crippen LogP contribution in [0.1, 0.15) is 18.1 Å². The number of hydrogen-bond donors (Lipinski definition) is 1. The van der Waals surface area contributed by atoms with Crippen molar-refractivity contribution < 1.29 is 22.7 Å². The van der Waals surface area contributed by atoms with Gasteiger partial charge in [0.25, 0.3) is 10.0 Å². The van der Waals surface area contributed by atoms with E-state index in [1.807, 2.05) is 37.3 Å². The molecule has 0 aliphatic carbocycles. The maximum absolute atomic E-state index is 14.0. The van der Waals surface area contributed by atoms with Crippen molar-refractivity contribution in [1.29, 1.82) is 0 Å². The molecule has 1 N–H and O–H groups in total. The second-order valence-electron chi connectivity index (χ2n) is 9.68. The third-order valence-electron chi connectivity index (χ3n) is 6.65. The van der Waals surface area contributed by atoms with E-state index in [0.29, 0.717) is 22.1 Å². The van der Waals surface area contributed by atoms with Gasteiger partial charge in [-0.3, -0.25) is 13.9 Å². The Morgan fingerprint density at radius 2 is 1.52 bits per heavy atom. The largest absolute Gasteiger partial charge is 0.457 e. The number of benzene rings is 4. The minimum absolute atomic E-state index is 0.0336. The van der Waals surface area contributed by atoms with E-state index in [9.17, 15) is 18.0 Å². The van der Waals surface area contributed by atoms with Crippen LogP contribution < -0.4 is 14.4 Å². The number of aryl methyl sites for hydroxylation is 1. The van der Waals surface area contributed by atoms with Crippen molar-refractivity contribution in [3.05, 3.63) is 119 Å². The van der Waals surface area contributed by atoms with Crippen molar-refractivity contribution >= 4 is 39.1 Å². The van der Waals surface area contributed by atoms with E-state index in [1.54, 1.807) is 67.6 Å². The Balaban J connectivity index is 1.70. The molecule has 0 bridgehead atoms. The van der Waals surface area contributed by atoms with E-state index in [-0.39, 0.29) is 23.0 Å². The molecule has 42 heavy (non-hydrogen) atoms. The maximum atomic E-state index is 14.0. The van der Waals surface area contributed by atoms with Crippen LogP contribution in [0, 0.1) is 6.92 Å². The molecular formula is C32H32ClN3O5S. The molecule has 4 aromatic rings. The average Bonchev–Trinajstić information content (AvgIpc) is 2.99. The molecule has 0 aliphatic rings. The number of ether oxygens (including phenoxy) is 1. The summed E-state index contributed by atoms with van der Waals surface area (Å²) in [7, 11) is -2.70. The van der Waals surface area contributed by atoms with Crippen molar-refractivity contribution in [3.8, 4) is 11.5 Å². The van der Waals surface area contributed by atoms with Gasteiger partial charge in [0.15, 0.2) is 0 Å². The molecule has 0 unspecified atom stereocenters. The normalized spacial score (nSPS) is 11.8. The summed E-state index contributed by atoms with van der Waals surface area (Å²) >= 11 is 6.16. The summed E-state index contributed by atoms with van der Waals surface area (Å²) < 4.78 is 34.8. The monoisotopic (exact) mass is 605 g/mol. The zero-order chi connectivity index (χ0) is 30.3. The minimum atomic E-state index is -4.18. The topological polar surface area (TPSA) is 96.0 Å². The van der Waals surface area contributed by atoms with Crippen molar-refractivity contribution in [1.82, 2.24) is 10.2 Å². The summed E-state index contributed by atoms with van der Waals surface area (Å²) in [4.78, 5) is 27.9. The third-order valence-corrected chi connectivity index (χ3v) is 8.67. The molecule has 4 rings (SSSR count). The van der Waals surface area contributed by atoms with Gasteiger partial charge in [-0.05, 0) is 80.1 Å².